The summed E-state index contributed by atoms with van der Waals surface area (Å²) in [5, 5.41) is 3.00. The number of anilines is 1. The first-order chi connectivity index (χ1) is 12.4. The smallest absolute Gasteiger partial charge is 0.251 e. The molecule has 1 aliphatic rings. The Morgan fingerprint density at radius 3 is 2.42 bits per heavy atom. The van der Waals surface area contributed by atoms with Gasteiger partial charge in [0.1, 0.15) is 0 Å². The fourth-order valence-electron chi connectivity index (χ4n) is 3.29. The summed E-state index contributed by atoms with van der Waals surface area (Å²) in [5.74, 6) is 0.0113. The maximum atomic E-state index is 12.5. The molecule has 1 amide bonds. The maximum absolute atomic E-state index is 12.5. The third kappa shape index (κ3) is 3.90. The molecule has 0 aromatic heterocycles. The van der Waals surface area contributed by atoms with E-state index in [2.05, 4.69) is 5.32 Å². The zero-order valence-electron chi connectivity index (χ0n) is 15.1. The highest BCUT2D eigenvalue weighted by atomic mass is 32.2. The number of rotatable bonds is 4. The molecule has 1 heterocycles. The molecule has 0 saturated carbocycles. The molecule has 1 fully saturated rings. The Bertz CT molecular complexity index is 892. The largest absolute Gasteiger partial charge is 0.346 e. The van der Waals surface area contributed by atoms with Gasteiger partial charge in [0.2, 0.25) is 10.0 Å². The summed E-state index contributed by atoms with van der Waals surface area (Å²) < 4.78 is 25.8. The van der Waals surface area contributed by atoms with Gasteiger partial charge in [-0.25, -0.2) is 8.42 Å². The van der Waals surface area contributed by atoms with Gasteiger partial charge in [0.25, 0.3) is 5.91 Å². The van der Waals surface area contributed by atoms with Crippen LogP contribution in [0.4, 0.5) is 5.69 Å². The lowest BCUT2D eigenvalue weighted by Gasteiger charge is -2.28. The van der Waals surface area contributed by atoms with Crippen LogP contribution in [-0.4, -0.2) is 26.6 Å². The highest BCUT2D eigenvalue weighted by molar-refractivity contribution is 7.92. The highest BCUT2D eigenvalue weighted by Crippen LogP contribution is 2.24. The first-order valence-electron chi connectivity index (χ1n) is 8.85. The van der Waals surface area contributed by atoms with Crippen molar-refractivity contribution in [1.82, 2.24) is 5.32 Å². The van der Waals surface area contributed by atoms with Gasteiger partial charge < -0.3 is 5.32 Å². The molecule has 1 atom stereocenters. The molecule has 1 unspecified atom stereocenters. The molecule has 2 aromatic rings. The standard InChI is InChI=1S/C20H24N2O3S/c1-15-7-3-4-8-19(15)16(2)21-20(23)17-9-11-18(12-10-17)22-13-5-6-14-26(22,24)25/h3-4,7-12,16H,5-6,13-14H2,1-2H3,(H,21,23). The SMILES string of the molecule is Cc1ccccc1C(C)NC(=O)c1ccc(N2CCCCS2(=O)=O)cc1. The van der Waals surface area contributed by atoms with Gasteiger partial charge in [-0.15, -0.1) is 0 Å². The third-order valence-corrected chi connectivity index (χ3v) is 6.64. The number of nitrogens with one attached hydrogen (secondary N) is 1. The Kier molecular flexibility index (Phi) is 5.32. The number of benzene rings is 2. The Balaban J connectivity index is 1.72. The Morgan fingerprint density at radius 2 is 1.77 bits per heavy atom. The molecule has 26 heavy (non-hydrogen) atoms. The summed E-state index contributed by atoms with van der Waals surface area (Å²) in [6.45, 7) is 4.47. The lowest BCUT2D eigenvalue weighted by atomic mass is 10.0. The van der Waals surface area contributed by atoms with Crippen molar-refractivity contribution >= 4 is 21.6 Å². The summed E-state index contributed by atoms with van der Waals surface area (Å²) in [6.07, 6.45) is 1.56. The second kappa shape index (κ2) is 7.50. The van der Waals surface area contributed by atoms with Crippen LogP contribution in [0.25, 0.3) is 0 Å². The summed E-state index contributed by atoms with van der Waals surface area (Å²) in [6, 6.07) is 14.6. The van der Waals surface area contributed by atoms with Gasteiger partial charge in [0, 0.05) is 12.1 Å². The van der Waals surface area contributed by atoms with E-state index < -0.39 is 10.0 Å². The second-order valence-electron chi connectivity index (χ2n) is 6.69. The van der Waals surface area contributed by atoms with Crippen LogP contribution in [0.3, 0.4) is 0 Å². The van der Waals surface area contributed by atoms with E-state index in [0.717, 1.165) is 17.5 Å². The van der Waals surface area contributed by atoms with E-state index in [4.69, 9.17) is 0 Å². The molecule has 5 nitrogen and oxygen atoms in total. The van der Waals surface area contributed by atoms with Gasteiger partial charge in [-0.1, -0.05) is 24.3 Å². The van der Waals surface area contributed by atoms with Gasteiger partial charge in [0.05, 0.1) is 17.5 Å². The van der Waals surface area contributed by atoms with E-state index in [-0.39, 0.29) is 17.7 Å². The average Bonchev–Trinajstić information content (AvgIpc) is 2.62. The van der Waals surface area contributed by atoms with Crippen LogP contribution in [0.15, 0.2) is 48.5 Å². The summed E-state index contributed by atoms with van der Waals surface area (Å²) in [7, 11) is -3.24. The molecule has 0 radical (unpaired) electrons. The first kappa shape index (κ1) is 18.5. The number of nitrogens with zero attached hydrogens (tertiary/aromatic N) is 1. The average molecular weight is 372 g/mol. The van der Waals surface area contributed by atoms with Crippen LogP contribution in [0.5, 0.6) is 0 Å². The van der Waals surface area contributed by atoms with Gasteiger partial charge in [-0.3, -0.25) is 9.10 Å². The van der Waals surface area contributed by atoms with Crippen molar-refractivity contribution in [1.29, 1.82) is 0 Å². The van der Waals surface area contributed by atoms with E-state index in [0.29, 0.717) is 24.2 Å². The lowest BCUT2D eigenvalue weighted by Crippen LogP contribution is -2.37. The molecule has 0 spiro atoms. The van der Waals surface area contributed by atoms with E-state index in [1.54, 1.807) is 24.3 Å². The number of amides is 1. The number of sulfonamides is 1. The Labute approximate surface area is 155 Å². The molecule has 0 aliphatic carbocycles. The van der Waals surface area contributed by atoms with Gasteiger partial charge in [-0.2, -0.15) is 0 Å². The van der Waals surface area contributed by atoms with E-state index in [1.807, 2.05) is 38.1 Å². The number of aryl methyl sites for hydroxylation is 1. The molecule has 1 aliphatic heterocycles. The first-order valence-corrected chi connectivity index (χ1v) is 10.5. The van der Waals surface area contributed by atoms with Crippen molar-refractivity contribution in [2.75, 3.05) is 16.6 Å². The number of carbonyl (C=O) groups excluding carboxylic acids is 1. The summed E-state index contributed by atoms with van der Waals surface area (Å²) >= 11 is 0. The predicted molar refractivity (Wildman–Crippen MR) is 104 cm³/mol. The van der Waals surface area contributed by atoms with E-state index in [9.17, 15) is 13.2 Å². The molecule has 1 saturated heterocycles. The van der Waals surface area contributed by atoms with Crippen LogP contribution in [0.1, 0.15) is 47.3 Å². The minimum Gasteiger partial charge on any atom is -0.346 e. The van der Waals surface area contributed by atoms with Crippen molar-refractivity contribution in [3.8, 4) is 0 Å². The fourth-order valence-corrected chi connectivity index (χ4v) is 4.93. The summed E-state index contributed by atoms with van der Waals surface area (Å²) in [4.78, 5) is 12.5. The maximum Gasteiger partial charge on any atom is 0.251 e. The number of hydrogen-bond donors (Lipinski definition) is 1. The minimum atomic E-state index is -3.24. The Hall–Kier alpha value is -2.34. The molecule has 3 rings (SSSR count). The Morgan fingerprint density at radius 1 is 1.08 bits per heavy atom. The molecular weight excluding hydrogens is 348 g/mol. The van der Waals surface area contributed by atoms with E-state index >= 15 is 0 Å². The van der Waals surface area contributed by atoms with Gasteiger partial charge in [0.15, 0.2) is 0 Å². The number of carbonyl (C=O) groups is 1. The molecule has 138 valence electrons. The van der Waals surface area contributed by atoms with Crippen LogP contribution in [0, 0.1) is 6.92 Å². The molecular formula is C20H24N2O3S. The van der Waals surface area contributed by atoms with Gasteiger partial charge >= 0.3 is 0 Å². The van der Waals surface area contributed by atoms with Crippen LogP contribution < -0.4 is 9.62 Å². The highest BCUT2D eigenvalue weighted by Gasteiger charge is 2.26. The van der Waals surface area contributed by atoms with Crippen molar-refractivity contribution in [3.05, 3.63) is 65.2 Å². The van der Waals surface area contributed by atoms with Crippen LogP contribution in [-0.2, 0) is 10.0 Å². The summed E-state index contributed by atoms with van der Waals surface area (Å²) in [5.41, 5.74) is 3.35. The quantitative estimate of drug-likeness (QED) is 0.894. The van der Waals surface area contributed by atoms with Crippen molar-refractivity contribution in [2.24, 2.45) is 0 Å². The normalized spacial score (nSPS) is 17.5. The molecule has 0 bridgehead atoms. The molecule has 2 aromatic carbocycles. The van der Waals surface area contributed by atoms with Crippen molar-refractivity contribution < 1.29 is 13.2 Å². The zero-order chi connectivity index (χ0) is 18.7. The minimum absolute atomic E-state index is 0.106. The van der Waals surface area contributed by atoms with Crippen molar-refractivity contribution in [2.45, 2.75) is 32.7 Å². The van der Waals surface area contributed by atoms with Gasteiger partial charge in [-0.05, 0) is 62.1 Å². The topological polar surface area (TPSA) is 66.5 Å². The van der Waals surface area contributed by atoms with E-state index in [1.165, 1.54) is 4.31 Å². The predicted octanol–water partition coefficient (Wildman–Crippen LogP) is 3.42. The second-order valence-corrected chi connectivity index (χ2v) is 8.71. The third-order valence-electron chi connectivity index (χ3n) is 4.77. The molecule has 6 heteroatoms. The fraction of sp³-hybridized carbons (Fsp3) is 0.350. The van der Waals surface area contributed by atoms with Crippen LogP contribution in [0.2, 0.25) is 0 Å². The van der Waals surface area contributed by atoms with Crippen molar-refractivity contribution in [3.63, 3.8) is 0 Å². The monoisotopic (exact) mass is 372 g/mol. The number of hydrogen-bond acceptors (Lipinski definition) is 3. The van der Waals surface area contributed by atoms with Crippen LogP contribution >= 0.6 is 0 Å². The zero-order valence-corrected chi connectivity index (χ0v) is 15.9. The molecule has 1 N–H and O–H groups in total. The lowest BCUT2D eigenvalue weighted by molar-refractivity contribution is 0.0940.